The number of nitrogens with one attached hydrogen (secondary N) is 3. The van der Waals surface area contributed by atoms with Crippen molar-refractivity contribution < 1.29 is 9.59 Å². The lowest BCUT2D eigenvalue weighted by molar-refractivity contribution is -0.114. The summed E-state index contributed by atoms with van der Waals surface area (Å²) in [6, 6.07) is 12.5. The van der Waals surface area contributed by atoms with Crippen LogP contribution in [0.25, 0.3) is 0 Å². The Kier molecular flexibility index (Phi) is 7.09. The molecule has 0 aromatic heterocycles. The molecule has 0 aliphatic heterocycles. The van der Waals surface area contributed by atoms with Crippen molar-refractivity contribution >= 4 is 35.1 Å². The fraction of sp³-hybridized carbons (Fsp3) is 0.125. The Morgan fingerprint density at radius 2 is 1.70 bits per heavy atom. The lowest BCUT2D eigenvalue weighted by atomic mass is 10.2. The first kappa shape index (κ1) is 18.0. The first-order valence-electron chi connectivity index (χ1n) is 6.87. The number of benzene rings is 2. The Bertz CT molecular complexity index is 656. The van der Waals surface area contributed by atoms with Crippen LogP contribution in [0.4, 0.5) is 22.7 Å². The molecule has 0 aliphatic rings. The average molecular weight is 315 g/mol. The van der Waals surface area contributed by atoms with E-state index in [2.05, 4.69) is 16.1 Å². The number of nitrogens with two attached hydrogens (primary N) is 2. The lowest BCUT2D eigenvalue weighted by Crippen LogP contribution is -2.08. The van der Waals surface area contributed by atoms with E-state index >= 15 is 0 Å². The molecule has 0 aliphatic carbocycles. The first-order chi connectivity index (χ1) is 11.0. The monoisotopic (exact) mass is 315 g/mol. The fourth-order valence-electron chi connectivity index (χ4n) is 1.73. The van der Waals surface area contributed by atoms with E-state index in [0.717, 1.165) is 11.3 Å². The van der Waals surface area contributed by atoms with Gasteiger partial charge in [-0.05, 0) is 48.9 Å². The quantitative estimate of drug-likeness (QED) is 0.256. The summed E-state index contributed by atoms with van der Waals surface area (Å²) in [6.45, 7) is 3.42. The minimum Gasteiger partial charge on any atom is -0.397 e. The van der Waals surface area contributed by atoms with Crippen molar-refractivity contribution in [3.63, 3.8) is 0 Å². The molecule has 0 bridgehead atoms. The molecule has 0 unspecified atom stereocenters. The van der Waals surface area contributed by atoms with Gasteiger partial charge in [-0.2, -0.15) is 0 Å². The summed E-state index contributed by atoms with van der Waals surface area (Å²) in [6.07, 6.45) is 0.605. The molecule has 0 radical (unpaired) electrons. The Hall–Kier alpha value is -3.06. The second kappa shape index (κ2) is 9.06. The molecule has 0 saturated heterocycles. The largest absolute Gasteiger partial charge is 0.397 e. The maximum atomic E-state index is 10.6. The minimum atomic E-state index is -0.115. The third-order valence-electron chi connectivity index (χ3n) is 2.79. The van der Waals surface area contributed by atoms with Crippen molar-refractivity contribution in [2.75, 3.05) is 21.8 Å². The second-order valence-corrected chi connectivity index (χ2v) is 4.76. The van der Waals surface area contributed by atoms with Gasteiger partial charge in [-0.3, -0.25) is 15.4 Å². The highest BCUT2D eigenvalue weighted by molar-refractivity contribution is 5.89. The van der Waals surface area contributed by atoms with Crippen LogP contribution < -0.4 is 27.6 Å². The number of amides is 2. The molecule has 0 atom stereocenters. The highest BCUT2D eigenvalue weighted by Crippen LogP contribution is 2.17. The summed E-state index contributed by atoms with van der Waals surface area (Å²) in [5.74, 6) is 5.06. The fourth-order valence-corrected chi connectivity index (χ4v) is 1.73. The van der Waals surface area contributed by atoms with E-state index in [4.69, 9.17) is 11.6 Å². The predicted molar refractivity (Wildman–Crippen MR) is 93.8 cm³/mol. The van der Waals surface area contributed by atoms with E-state index in [1.807, 2.05) is 25.1 Å². The summed E-state index contributed by atoms with van der Waals surface area (Å²) in [7, 11) is 0. The molecule has 7 N–H and O–H groups in total. The summed E-state index contributed by atoms with van der Waals surface area (Å²) in [5.41, 5.74) is 12.1. The molecule has 23 heavy (non-hydrogen) atoms. The molecule has 2 aromatic carbocycles. The van der Waals surface area contributed by atoms with Gasteiger partial charge in [-0.15, -0.1) is 0 Å². The number of aryl methyl sites for hydroxylation is 1. The smallest absolute Gasteiger partial charge is 0.221 e. The molecular weight excluding hydrogens is 294 g/mol. The molecule has 2 rings (SSSR count). The van der Waals surface area contributed by atoms with Crippen LogP contribution in [-0.4, -0.2) is 12.3 Å². The van der Waals surface area contributed by atoms with Gasteiger partial charge in [-0.25, -0.2) is 0 Å². The van der Waals surface area contributed by atoms with E-state index in [-0.39, 0.29) is 5.91 Å². The van der Waals surface area contributed by atoms with Gasteiger partial charge in [0, 0.05) is 18.3 Å². The molecule has 2 aromatic rings. The van der Waals surface area contributed by atoms with Gasteiger partial charge in [0.15, 0.2) is 0 Å². The Morgan fingerprint density at radius 3 is 2.17 bits per heavy atom. The summed E-state index contributed by atoms with van der Waals surface area (Å²) >= 11 is 0. The van der Waals surface area contributed by atoms with Gasteiger partial charge >= 0.3 is 0 Å². The first-order valence-corrected chi connectivity index (χ1v) is 6.87. The van der Waals surface area contributed by atoms with Crippen LogP contribution in [0.15, 0.2) is 42.5 Å². The molecule has 2 amide bonds. The van der Waals surface area contributed by atoms with Crippen LogP contribution >= 0.6 is 0 Å². The normalized spacial score (nSPS) is 9.17. The summed E-state index contributed by atoms with van der Waals surface area (Å²) in [5, 5.41) is 5.11. The van der Waals surface area contributed by atoms with Crippen LogP contribution in [0.1, 0.15) is 12.5 Å². The van der Waals surface area contributed by atoms with Crippen molar-refractivity contribution in [2.45, 2.75) is 13.8 Å². The van der Waals surface area contributed by atoms with Crippen LogP contribution in [-0.2, 0) is 9.59 Å². The Balaban J connectivity index is 0.000000238. The number of rotatable bonds is 4. The molecule has 122 valence electrons. The number of carbonyl (C=O) groups is 2. The molecule has 7 nitrogen and oxygen atoms in total. The molecule has 0 heterocycles. The second-order valence-electron chi connectivity index (χ2n) is 4.76. The Morgan fingerprint density at radius 1 is 1.09 bits per heavy atom. The van der Waals surface area contributed by atoms with E-state index in [1.165, 1.54) is 6.92 Å². The minimum absolute atomic E-state index is 0.115. The number of hydrazine groups is 1. The zero-order chi connectivity index (χ0) is 17.2. The molecular formula is C16H21N5O2. The van der Waals surface area contributed by atoms with Gasteiger partial charge in [0.2, 0.25) is 12.3 Å². The van der Waals surface area contributed by atoms with Crippen molar-refractivity contribution in [3.8, 4) is 0 Å². The zero-order valence-electron chi connectivity index (χ0n) is 13.1. The highest BCUT2D eigenvalue weighted by Gasteiger charge is 1.95. The van der Waals surface area contributed by atoms with E-state index in [9.17, 15) is 9.59 Å². The molecule has 0 fully saturated rings. The van der Waals surface area contributed by atoms with Crippen LogP contribution in [0.3, 0.4) is 0 Å². The van der Waals surface area contributed by atoms with Crippen LogP contribution in [0.2, 0.25) is 0 Å². The molecule has 7 heteroatoms. The van der Waals surface area contributed by atoms with E-state index in [0.29, 0.717) is 23.5 Å². The average Bonchev–Trinajstić information content (AvgIpc) is 2.50. The van der Waals surface area contributed by atoms with Gasteiger partial charge in [0.1, 0.15) is 0 Å². The third-order valence-corrected chi connectivity index (χ3v) is 2.79. The van der Waals surface area contributed by atoms with Crippen molar-refractivity contribution in [2.24, 2.45) is 5.84 Å². The number of hydrogen-bond acceptors (Lipinski definition) is 5. The van der Waals surface area contributed by atoms with Gasteiger partial charge in [-0.1, -0.05) is 6.07 Å². The number of hydrogen-bond donors (Lipinski definition) is 5. The lowest BCUT2D eigenvalue weighted by Gasteiger charge is -2.03. The predicted octanol–water partition coefficient (Wildman–Crippen LogP) is 2.08. The van der Waals surface area contributed by atoms with Gasteiger partial charge in [0.05, 0.1) is 11.4 Å². The van der Waals surface area contributed by atoms with E-state index in [1.54, 1.807) is 24.3 Å². The number of nitrogen functional groups attached to an aromatic ring is 2. The van der Waals surface area contributed by atoms with Crippen molar-refractivity contribution in [1.82, 2.24) is 0 Å². The summed E-state index contributed by atoms with van der Waals surface area (Å²) < 4.78 is 0. The van der Waals surface area contributed by atoms with Gasteiger partial charge in [0.25, 0.3) is 0 Å². The SMILES string of the molecule is CC(=O)Nc1ccc(NC=O)cc1.Cc1ccc(NN)c(N)c1. The number of anilines is 4. The number of carbonyl (C=O) groups excluding carboxylic acids is 2. The van der Waals surface area contributed by atoms with Crippen LogP contribution in [0, 0.1) is 6.92 Å². The maximum Gasteiger partial charge on any atom is 0.221 e. The topological polar surface area (TPSA) is 122 Å². The van der Waals surface area contributed by atoms with Crippen molar-refractivity contribution in [1.29, 1.82) is 0 Å². The molecule has 0 spiro atoms. The Labute approximate surface area is 135 Å². The third kappa shape index (κ3) is 6.49. The van der Waals surface area contributed by atoms with Crippen LogP contribution in [0.5, 0.6) is 0 Å². The van der Waals surface area contributed by atoms with E-state index < -0.39 is 0 Å². The highest BCUT2D eigenvalue weighted by atomic mass is 16.1. The zero-order valence-corrected chi connectivity index (χ0v) is 13.1. The standard InChI is InChI=1S/C9H10N2O2.C7H11N3/c1-7(13)11-9-4-2-8(3-5-9)10-6-12;1-5-2-3-7(10-9)6(8)4-5/h2-6H,1H3,(H,10,12)(H,11,13);2-4,10H,8-9H2,1H3. The maximum absolute atomic E-state index is 10.6. The molecule has 0 saturated carbocycles. The summed E-state index contributed by atoms with van der Waals surface area (Å²) in [4.78, 5) is 20.7. The van der Waals surface area contributed by atoms with Crippen molar-refractivity contribution in [3.05, 3.63) is 48.0 Å². The van der Waals surface area contributed by atoms with Gasteiger partial charge < -0.3 is 21.8 Å².